The number of carbonyl (C=O) groups is 2. The van der Waals surface area contributed by atoms with Crippen LogP contribution in [0.4, 0.5) is 0 Å². The quantitative estimate of drug-likeness (QED) is 0.575. The smallest absolute Gasteiger partial charge is 0.343 e. The molecule has 1 aromatic rings. The van der Waals surface area contributed by atoms with Crippen LogP contribution in [0.2, 0.25) is 0 Å². The number of carbonyl (C=O) groups excluding carboxylic acids is 2. The van der Waals surface area contributed by atoms with Gasteiger partial charge in [-0.25, -0.2) is 9.89 Å². The van der Waals surface area contributed by atoms with Gasteiger partial charge in [0.15, 0.2) is 5.16 Å². The first-order valence-corrected chi connectivity index (χ1v) is 9.27. The van der Waals surface area contributed by atoms with E-state index in [2.05, 4.69) is 10.2 Å². The minimum Gasteiger partial charge on any atom is -0.466 e. The number of thioether (sulfide) groups is 1. The SMILES string of the molecule is CCCn1c(SCC(=O)N2CCC[C@@H](C(=O)OCC)C2)n[nH]c1=O. The molecule has 8 nitrogen and oxygen atoms in total. The van der Waals surface area contributed by atoms with Gasteiger partial charge in [0.1, 0.15) is 0 Å². The second-order valence-electron chi connectivity index (χ2n) is 5.68. The molecule has 1 aliphatic heterocycles. The summed E-state index contributed by atoms with van der Waals surface area (Å²) in [4.78, 5) is 37.6. The summed E-state index contributed by atoms with van der Waals surface area (Å²) in [6.07, 6.45) is 2.36. The summed E-state index contributed by atoms with van der Waals surface area (Å²) in [5.74, 6) is -0.320. The normalized spacial score (nSPS) is 17.8. The molecule has 1 amide bonds. The topological polar surface area (TPSA) is 97.3 Å². The Bertz CT molecular complexity index is 627. The number of nitrogens with zero attached hydrogens (tertiary/aromatic N) is 3. The molecule has 0 spiro atoms. The van der Waals surface area contributed by atoms with Crippen molar-refractivity contribution in [3.63, 3.8) is 0 Å². The number of amides is 1. The van der Waals surface area contributed by atoms with Gasteiger partial charge in [-0.15, -0.1) is 5.10 Å². The fraction of sp³-hybridized carbons (Fsp3) is 0.733. The van der Waals surface area contributed by atoms with Gasteiger partial charge in [-0.2, -0.15) is 0 Å². The van der Waals surface area contributed by atoms with E-state index < -0.39 is 0 Å². The Morgan fingerprint density at radius 3 is 2.92 bits per heavy atom. The van der Waals surface area contributed by atoms with Crippen LogP contribution in [0.15, 0.2) is 9.95 Å². The van der Waals surface area contributed by atoms with Crippen LogP contribution in [0.5, 0.6) is 0 Å². The highest BCUT2D eigenvalue weighted by molar-refractivity contribution is 7.99. The van der Waals surface area contributed by atoms with E-state index in [1.165, 1.54) is 16.3 Å². The molecular formula is C15H24N4O4S. The minimum atomic E-state index is -0.257. The molecule has 0 aliphatic carbocycles. The predicted molar refractivity (Wildman–Crippen MR) is 89.8 cm³/mol. The van der Waals surface area contributed by atoms with Crippen molar-refractivity contribution in [2.24, 2.45) is 5.92 Å². The number of aromatic nitrogens is 3. The summed E-state index contributed by atoms with van der Waals surface area (Å²) in [7, 11) is 0. The highest BCUT2D eigenvalue weighted by atomic mass is 32.2. The summed E-state index contributed by atoms with van der Waals surface area (Å²) >= 11 is 1.24. The monoisotopic (exact) mass is 356 g/mol. The fourth-order valence-corrected chi connectivity index (χ4v) is 3.58. The second-order valence-corrected chi connectivity index (χ2v) is 6.63. The Balaban J connectivity index is 1.90. The number of rotatable bonds is 7. The number of nitrogens with one attached hydrogen (secondary N) is 1. The third-order valence-corrected chi connectivity index (χ3v) is 4.85. The van der Waals surface area contributed by atoms with Crippen LogP contribution in [0.25, 0.3) is 0 Å². The number of H-pyrrole nitrogens is 1. The molecule has 0 bridgehead atoms. The van der Waals surface area contributed by atoms with Crippen LogP contribution >= 0.6 is 11.8 Å². The van der Waals surface area contributed by atoms with E-state index >= 15 is 0 Å². The van der Waals surface area contributed by atoms with E-state index in [9.17, 15) is 14.4 Å². The van der Waals surface area contributed by atoms with E-state index in [1.807, 2.05) is 6.92 Å². The van der Waals surface area contributed by atoms with Crippen molar-refractivity contribution in [2.75, 3.05) is 25.4 Å². The number of hydrogen-bond donors (Lipinski definition) is 1. The van der Waals surface area contributed by atoms with E-state index in [0.717, 1.165) is 19.3 Å². The molecule has 24 heavy (non-hydrogen) atoms. The maximum Gasteiger partial charge on any atom is 0.343 e. The summed E-state index contributed by atoms with van der Waals surface area (Å²) < 4.78 is 6.59. The largest absolute Gasteiger partial charge is 0.466 e. The molecule has 0 unspecified atom stereocenters. The predicted octanol–water partition coefficient (Wildman–Crippen LogP) is 0.875. The lowest BCUT2D eigenvalue weighted by Crippen LogP contribution is -2.43. The first-order valence-electron chi connectivity index (χ1n) is 8.29. The zero-order valence-corrected chi connectivity index (χ0v) is 14.9. The minimum absolute atomic E-state index is 0.0486. The zero-order chi connectivity index (χ0) is 17.5. The zero-order valence-electron chi connectivity index (χ0n) is 14.1. The van der Waals surface area contributed by atoms with Crippen LogP contribution < -0.4 is 5.69 Å². The molecule has 2 rings (SSSR count). The third-order valence-electron chi connectivity index (χ3n) is 3.89. The number of hydrogen-bond acceptors (Lipinski definition) is 6. The van der Waals surface area contributed by atoms with Crippen LogP contribution in [0.1, 0.15) is 33.1 Å². The van der Waals surface area contributed by atoms with Crippen molar-refractivity contribution in [2.45, 2.75) is 44.8 Å². The van der Waals surface area contributed by atoms with Gasteiger partial charge in [0.2, 0.25) is 5.91 Å². The molecule has 134 valence electrons. The Kier molecular flexibility index (Phi) is 6.89. The standard InChI is InChI=1S/C15H24N4O4S/c1-3-7-19-14(22)16-17-15(19)24-10-12(20)18-8-5-6-11(9-18)13(21)23-4-2/h11H,3-10H2,1-2H3,(H,16,22)/t11-/m1/s1. The van der Waals surface area contributed by atoms with Gasteiger partial charge in [-0.05, 0) is 26.2 Å². The lowest BCUT2D eigenvalue weighted by molar-refractivity contribution is -0.151. The summed E-state index contributed by atoms with van der Waals surface area (Å²) in [5.41, 5.74) is -0.257. The number of piperidine rings is 1. The first-order chi connectivity index (χ1) is 11.6. The fourth-order valence-electron chi connectivity index (χ4n) is 2.71. The van der Waals surface area contributed by atoms with Crippen molar-refractivity contribution in [1.82, 2.24) is 19.7 Å². The maximum atomic E-state index is 12.4. The van der Waals surface area contributed by atoms with Crippen molar-refractivity contribution in [3.8, 4) is 0 Å². The number of esters is 1. The summed E-state index contributed by atoms with van der Waals surface area (Å²) in [6, 6.07) is 0. The molecule has 1 atom stereocenters. The van der Waals surface area contributed by atoms with Crippen LogP contribution in [0.3, 0.4) is 0 Å². The second kappa shape index (κ2) is 8.91. The van der Waals surface area contributed by atoms with Crippen molar-refractivity contribution in [3.05, 3.63) is 10.5 Å². The summed E-state index contributed by atoms with van der Waals surface area (Å²) in [6.45, 7) is 5.73. The Labute approximate surface area is 144 Å². The summed E-state index contributed by atoms with van der Waals surface area (Å²) in [5, 5.41) is 6.90. The highest BCUT2D eigenvalue weighted by Gasteiger charge is 2.29. The lowest BCUT2D eigenvalue weighted by atomic mass is 9.98. The lowest BCUT2D eigenvalue weighted by Gasteiger charge is -2.31. The Hall–Kier alpha value is -1.77. The van der Waals surface area contributed by atoms with Crippen LogP contribution in [-0.2, 0) is 20.9 Å². The van der Waals surface area contributed by atoms with Gasteiger partial charge >= 0.3 is 11.7 Å². The van der Waals surface area contributed by atoms with E-state index in [-0.39, 0.29) is 29.2 Å². The molecule has 1 N–H and O–H groups in total. The van der Waals surface area contributed by atoms with Crippen molar-refractivity contribution < 1.29 is 14.3 Å². The number of ether oxygens (including phenoxy) is 1. The molecule has 1 aromatic heterocycles. The van der Waals surface area contributed by atoms with Gasteiger partial charge < -0.3 is 9.64 Å². The van der Waals surface area contributed by atoms with Crippen LogP contribution in [-0.4, -0.2) is 57.0 Å². The first kappa shape index (κ1) is 18.6. The van der Waals surface area contributed by atoms with E-state index in [0.29, 0.717) is 31.4 Å². The van der Waals surface area contributed by atoms with Crippen molar-refractivity contribution in [1.29, 1.82) is 0 Å². The van der Waals surface area contributed by atoms with Gasteiger partial charge in [0.25, 0.3) is 0 Å². The van der Waals surface area contributed by atoms with Gasteiger partial charge in [-0.3, -0.25) is 14.2 Å². The Morgan fingerprint density at radius 1 is 1.42 bits per heavy atom. The average molecular weight is 356 g/mol. The molecule has 0 saturated carbocycles. The van der Waals surface area contributed by atoms with E-state index in [1.54, 1.807) is 11.8 Å². The number of aromatic amines is 1. The third kappa shape index (κ3) is 4.62. The number of likely N-dealkylation sites (tertiary alicyclic amines) is 1. The molecule has 0 aromatic carbocycles. The average Bonchev–Trinajstić information content (AvgIpc) is 2.94. The van der Waals surface area contributed by atoms with E-state index in [4.69, 9.17) is 4.74 Å². The van der Waals surface area contributed by atoms with Crippen LogP contribution in [0, 0.1) is 5.92 Å². The molecule has 9 heteroatoms. The van der Waals surface area contributed by atoms with Gasteiger partial charge in [-0.1, -0.05) is 18.7 Å². The molecule has 1 saturated heterocycles. The Morgan fingerprint density at radius 2 is 2.21 bits per heavy atom. The maximum absolute atomic E-state index is 12.4. The van der Waals surface area contributed by atoms with Gasteiger partial charge in [0, 0.05) is 19.6 Å². The van der Waals surface area contributed by atoms with Crippen molar-refractivity contribution >= 4 is 23.6 Å². The van der Waals surface area contributed by atoms with Gasteiger partial charge in [0.05, 0.1) is 18.3 Å². The molecule has 0 radical (unpaired) electrons. The molecule has 1 aliphatic rings. The molecule has 1 fully saturated rings. The highest BCUT2D eigenvalue weighted by Crippen LogP contribution is 2.20. The molecular weight excluding hydrogens is 332 g/mol. The molecule has 2 heterocycles.